The van der Waals surface area contributed by atoms with Crippen molar-refractivity contribution >= 4 is 35.0 Å². The quantitative estimate of drug-likeness (QED) is 0.485. The minimum atomic E-state index is -0.513. The first-order chi connectivity index (χ1) is 15.9. The first-order valence-electron chi connectivity index (χ1n) is 10.3. The summed E-state index contributed by atoms with van der Waals surface area (Å²) in [7, 11) is 0. The van der Waals surface area contributed by atoms with E-state index in [9.17, 15) is 14.0 Å². The van der Waals surface area contributed by atoms with Crippen molar-refractivity contribution in [2.45, 2.75) is 37.2 Å². The van der Waals surface area contributed by atoms with Crippen molar-refractivity contribution in [2.75, 3.05) is 17.4 Å². The lowest BCUT2D eigenvalue weighted by Crippen LogP contribution is -2.23. The van der Waals surface area contributed by atoms with Crippen molar-refractivity contribution in [2.24, 2.45) is 0 Å². The molecule has 2 heterocycles. The number of hydrogen-bond acceptors (Lipinski definition) is 7. The van der Waals surface area contributed by atoms with E-state index in [2.05, 4.69) is 20.8 Å². The number of hydrogen-bond donors (Lipinski definition) is 2. The topological polar surface area (TPSA) is 107 Å². The largest absolute Gasteiger partial charge is 0.454 e. The zero-order chi connectivity index (χ0) is 23.4. The van der Waals surface area contributed by atoms with Crippen LogP contribution < -0.4 is 20.1 Å². The van der Waals surface area contributed by atoms with Gasteiger partial charge < -0.3 is 24.7 Å². The van der Waals surface area contributed by atoms with Crippen LogP contribution in [0.5, 0.6) is 11.5 Å². The Bertz CT molecular complexity index is 1190. The number of amides is 2. The number of anilines is 2. The number of thioether (sulfide) groups is 1. The Morgan fingerprint density at radius 2 is 1.94 bits per heavy atom. The summed E-state index contributed by atoms with van der Waals surface area (Å²) in [5.41, 5.74) is 0.702. The van der Waals surface area contributed by atoms with Crippen LogP contribution in [-0.2, 0) is 22.6 Å². The second-order valence-corrected chi connectivity index (χ2v) is 8.47. The van der Waals surface area contributed by atoms with Crippen LogP contribution in [-0.4, -0.2) is 38.6 Å². The van der Waals surface area contributed by atoms with Gasteiger partial charge in [0, 0.05) is 18.3 Å². The first kappa shape index (κ1) is 22.6. The highest BCUT2D eigenvalue weighted by Gasteiger charge is 2.22. The molecule has 0 spiro atoms. The third-order valence-corrected chi connectivity index (χ3v) is 5.95. The fourth-order valence-electron chi connectivity index (χ4n) is 3.19. The monoisotopic (exact) mass is 471 g/mol. The van der Waals surface area contributed by atoms with E-state index in [-0.39, 0.29) is 24.8 Å². The maximum absolute atomic E-state index is 13.8. The molecule has 0 radical (unpaired) electrons. The van der Waals surface area contributed by atoms with Gasteiger partial charge in [-0.05, 0) is 38.1 Å². The van der Waals surface area contributed by atoms with E-state index in [1.165, 1.54) is 23.9 Å². The number of benzene rings is 2. The molecule has 9 nitrogen and oxygen atoms in total. The van der Waals surface area contributed by atoms with E-state index in [0.717, 1.165) is 0 Å². The van der Waals surface area contributed by atoms with Crippen LogP contribution in [0.2, 0.25) is 0 Å². The SMILES string of the molecule is CCn1c(CC(=O)Nc2ccccc2F)nnc1S[C@H](C)C(=O)Nc1ccc2c(c1)OCO2. The molecule has 1 aliphatic heterocycles. The highest BCUT2D eigenvalue weighted by Crippen LogP contribution is 2.34. The van der Waals surface area contributed by atoms with E-state index in [0.29, 0.717) is 34.7 Å². The molecule has 3 aromatic rings. The molecule has 1 atom stereocenters. The van der Waals surface area contributed by atoms with E-state index in [4.69, 9.17) is 9.47 Å². The summed E-state index contributed by atoms with van der Waals surface area (Å²) < 4.78 is 26.1. The summed E-state index contributed by atoms with van der Waals surface area (Å²) in [6.45, 7) is 4.32. The van der Waals surface area contributed by atoms with Crippen molar-refractivity contribution in [1.29, 1.82) is 0 Å². The summed E-state index contributed by atoms with van der Waals surface area (Å²) in [4.78, 5) is 25.1. The maximum Gasteiger partial charge on any atom is 0.237 e. The van der Waals surface area contributed by atoms with Crippen molar-refractivity contribution in [3.8, 4) is 11.5 Å². The van der Waals surface area contributed by atoms with Gasteiger partial charge in [-0.2, -0.15) is 0 Å². The number of nitrogens with zero attached hydrogens (tertiary/aromatic N) is 3. The maximum atomic E-state index is 13.8. The van der Waals surface area contributed by atoms with Crippen LogP contribution >= 0.6 is 11.8 Å². The number of aromatic nitrogens is 3. The minimum absolute atomic E-state index is 0.0759. The van der Waals surface area contributed by atoms with Gasteiger partial charge in [0.05, 0.1) is 17.4 Å². The molecule has 0 saturated heterocycles. The zero-order valence-electron chi connectivity index (χ0n) is 18.0. The average molecular weight is 472 g/mol. The van der Waals surface area contributed by atoms with Crippen LogP contribution in [0.1, 0.15) is 19.7 Å². The molecule has 0 saturated carbocycles. The number of halogens is 1. The van der Waals surface area contributed by atoms with Crippen molar-refractivity contribution in [1.82, 2.24) is 14.8 Å². The summed E-state index contributed by atoms with van der Waals surface area (Å²) in [6.07, 6.45) is -0.0759. The smallest absolute Gasteiger partial charge is 0.237 e. The Hall–Kier alpha value is -3.60. The molecule has 2 N–H and O–H groups in total. The van der Waals surface area contributed by atoms with Crippen LogP contribution in [0.3, 0.4) is 0 Å². The highest BCUT2D eigenvalue weighted by atomic mass is 32.2. The average Bonchev–Trinajstić information content (AvgIpc) is 3.41. The van der Waals surface area contributed by atoms with Crippen molar-refractivity contribution in [3.05, 3.63) is 54.1 Å². The third kappa shape index (κ3) is 5.25. The Labute approximate surface area is 193 Å². The van der Waals surface area contributed by atoms with Gasteiger partial charge in [-0.25, -0.2) is 4.39 Å². The third-order valence-electron chi connectivity index (χ3n) is 4.87. The second-order valence-electron chi connectivity index (χ2n) is 7.17. The molecule has 11 heteroatoms. The zero-order valence-corrected chi connectivity index (χ0v) is 18.8. The molecule has 0 bridgehead atoms. The lowest BCUT2D eigenvalue weighted by molar-refractivity contribution is -0.116. The molecule has 2 aromatic carbocycles. The number of para-hydroxylation sites is 1. The number of carbonyl (C=O) groups excluding carboxylic acids is 2. The van der Waals surface area contributed by atoms with Gasteiger partial charge in [0.25, 0.3) is 0 Å². The number of ether oxygens (including phenoxy) is 2. The lowest BCUT2D eigenvalue weighted by Gasteiger charge is -2.13. The Kier molecular flexibility index (Phi) is 6.78. The highest BCUT2D eigenvalue weighted by molar-refractivity contribution is 8.00. The van der Waals surface area contributed by atoms with Gasteiger partial charge in [0.1, 0.15) is 11.6 Å². The number of carbonyl (C=O) groups is 2. The summed E-state index contributed by atoms with van der Waals surface area (Å²) in [5.74, 6) is 0.504. The van der Waals surface area contributed by atoms with E-state index >= 15 is 0 Å². The molecule has 0 fully saturated rings. The van der Waals surface area contributed by atoms with Gasteiger partial charge in [-0.3, -0.25) is 9.59 Å². The molecule has 0 unspecified atom stereocenters. The van der Waals surface area contributed by atoms with E-state index in [1.807, 2.05) is 6.92 Å². The molecule has 33 heavy (non-hydrogen) atoms. The summed E-state index contributed by atoms with van der Waals surface area (Å²) in [5, 5.41) is 13.7. The predicted octanol–water partition coefficient (Wildman–Crippen LogP) is 3.47. The fourth-order valence-corrected chi connectivity index (χ4v) is 4.12. The molecule has 2 amide bonds. The normalized spacial score (nSPS) is 12.9. The van der Waals surface area contributed by atoms with E-state index in [1.54, 1.807) is 41.8 Å². The molecule has 4 rings (SSSR count). The predicted molar refractivity (Wildman–Crippen MR) is 121 cm³/mol. The fraction of sp³-hybridized carbons (Fsp3) is 0.273. The lowest BCUT2D eigenvalue weighted by atomic mass is 10.2. The standard InChI is InChI=1S/C22H22FN5O4S/c1-3-28-19(11-20(29)25-16-7-5-4-6-15(16)23)26-27-22(28)33-13(2)21(30)24-14-8-9-17-18(10-14)32-12-31-17/h4-10,13H,3,11-12H2,1-2H3,(H,24,30)(H,25,29)/t13-/m1/s1. The molecule has 1 aliphatic rings. The minimum Gasteiger partial charge on any atom is -0.454 e. The number of nitrogens with one attached hydrogen (secondary N) is 2. The first-order valence-corrected chi connectivity index (χ1v) is 11.2. The Balaban J connectivity index is 1.38. The molecule has 1 aromatic heterocycles. The van der Waals surface area contributed by atoms with Gasteiger partial charge in [0.2, 0.25) is 18.6 Å². The Morgan fingerprint density at radius 1 is 1.15 bits per heavy atom. The van der Waals surface area contributed by atoms with Gasteiger partial charge in [0.15, 0.2) is 16.7 Å². The van der Waals surface area contributed by atoms with Gasteiger partial charge in [-0.1, -0.05) is 23.9 Å². The van der Waals surface area contributed by atoms with Crippen molar-refractivity contribution in [3.63, 3.8) is 0 Å². The van der Waals surface area contributed by atoms with Crippen LogP contribution in [0.25, 0.3) is 0 Å². The van der Waals surface area contributed by atoms with Crippen LogP contribution in [0.15, 0.2) is 47.6 Å². The van der Waals surface area contributed by atoms with Gasteiger partial charge in [-0.15, -0.1) is 10.2 Å². The van der Waals surface area contributed by atoms with Crippen LogP contribution in [0, 0.1) is 5.82 Å². The Morgan fingerprint density at radius 3 is 2.73 bits per heavy atom. The molecule has 0 aliphatic carbocycles. The van der Waals surface area contributed by atoms with Gasteiger partial charge >= 0.3 is 0 Å². The van der Waals surface area contributed by atoms with Crippen LogP contribution in [0.4, 0.5) is 15.8 Å². The molecular weight excluding hydrogens is 449 g/mol. The van der Waals surface area contributed by atoms with E-state index < -0.39 is 17.0 Å². The summed E-state index contributed by atoms with van der Waals surface area (Å²) in [6, 6.07) is 11.1. The molecular formula is C22H22FN5O4S. The van der Waals surface area contributed by atoms with Crippen molar-refractivity contribution < 1.29 is 23.5 Å². The number of rotatable bonds is 8. The number of fused-ring (bicyclic) bond motifs is 1. The molecule has 172 valence electrons. The summed E-state index contributed by atoms with van der Waals surface area (Å²) >= 11 is 1.23. The second kappa shape index (κ2) is 9.90.